The van der Waals surface area contributed by atoms with E-state index in [0.29, 0.717) is 23.7 Å². The summed E-state index contributed by atoms with van der Waals surface area (Å²) in [6, 6.07) is 11.0. The Kier molecular flexibility index (Phi) is 12.5. The van der Waals surface area contributed by atoms with Gasteiger partial charge in [-0.25, -0.2) is 9.98 Å². The molecule has 0 saturated carbocycles. The summed E-state index contributed by atoms with van der Waals surface area (Å²) in [5.41, 5.74) is 8.85. The maximum Gasteiger partial charge on any atom is 0.147 e. The first-order chi connectivity index (χ1) is 34.1. The number of allylic oxidation sites excluding steroid dienone is 21. The van der Waals surface area contributed by atoms with Crippen molar-refractivity contribution >= 4 is 29.1 Å². The highest BCUT2D eigenvalue weighted by Gasteiger charge is 2.51. The maximum absolute atomic E-state index is 7.09. The van der Waals surface area contributed by atoms with Gasteiger partial charge in [-0.1, -0.05) is 152 Å². The fraction of sp³-hybridized carbons (Fsp3) is 0.371. The first kappa shape index (κ1) is 44.3. The fourth-order valence-corrected chi connectivity index (χ4v) is 14.1. The first-order valence-electron chi connectivity index (χ1n) is 26.0. The van der Waals surface area contributed by atoms with Gasteiger partial charge in [-0.15, -0.1) is 11.8 Å². The van der Waals surface area contributed by atoms with Crippen LogP contribution in [0.25, 0.3) is 0 Å². The fourth-order valence-electron chi connectivity index (χ4n) is 13.1. The molecule has 2 N–H and O–H groups in total. The van der Waals surface area contributed by atoms with Crippen LogP contribution >= 0.6 is 11.8 Å². The molecule has 4 aliphatic heterocycles. The lowest BCUT2D eigenvalue weighted by Gasteiger charge is -2.49. The zero-order chi connectivity index (χ0) is 46.2. The van der Waals surface area contributed by atoms with Gasteiger partial charge in [0, 0.05) is 68.6 Å². The van der Waals surface area contributed by atoms with Crippen molar-refractivity contribution in [2.75, 3.05) is 5.75 Å². The van der Waals surface area contributed by atoms with Crippen molar-refractivity contribution in [2.45, 2.75) is 89.4 Å². The highest BCUT2D eigenvalue weighted by Crippen LogP contribution is 2.57. The van der Waals surface area contributed by atoms with Crippen LogP contribution in [0.5, 0.6) is 0 Å². The summed E-state index contributed by atoms with van der Waals surface area (Å²) in [5, 5.41) is 7.98. The zero-order valence-corrected chi connectivity index (χ0v) is 40.7. The van der Waals surface area contributed by atoms with Gasteiger partial charge in [-0.3, -0.25) is 4.99 Å². The van der Waals surface area contributed by atoms with E-state index in [4.69, 9.17) is 19.7 Å². The first-order valence-corrected chi connectivity index (χ1v) is 27.0. The third kappa shape index (κ3) is 8.53. The van der Waals surface area contributed by atoms with Gasteiger partial charge in [-0.05, 0) is 111 Å². The number of thioether (sulfide) groups is 1. The number of amidine groups is 2. The van der Waals surface area contributed by atoms with Crippen molar-refractivity contribution in [1.82, 2.24) is 10.6 Å². The normalized spacial score (nSPS) is 35.3. The lowest BCUT2D eigenvalue weighted by molar-refractivity contribution is 0.170. The van der Waals surface area contributed by atoms with Crippen LogP contribution in [0, 0.1) is 46.8 Å². The minimum absolute atomic E-state index is 0.0185. The van der Waals surface area contributed by atoms with E-state index < -0.39 is 0 Å². The number of aliphatic imine (C=N–C) groups is 3. The monoisotopic (exact) mass is 927 g/mol. The summed E-state index contributed by atoms with van der Waals surface area (Å²) in [6.07, 6.45) is 63.6. The molecule has 0 spiro atoms. The van der Waals surface area contributed by atoms with E-state index in [1.54, 1.807) is 0 Å². The van der Waals surface area contributed by atoms with Gasteiger partial charge < -0.3 is 15.4 Å². The van der Waals surface area contributed by atoms with E-state index in [-0.39, 0.29) is 41.5 Å². The topological polar surface area (TPSA) is 70.4 Å². The van der Waals surface area contributed by atoms with Crippen LogP contribution < -0.4 is 10.6 Å². The Morgan fingerprint density at radius 2 is 1.68 bits per heavy atom. The Morgan fingerprint density at radius 1 is 0.768 bits per heavy atom. The summed E-state index contributed by atoms with van der Waals surface area (Å²) in [7, 11) is 0. The predicted octanol–water partition coefficient (Wildman–Crippen LogP) is 13.4. The summed E-state index contributed by atoms with van der Waals surface area (Å²) in [6.45, 7) is 2.57. The van der Waals surface area contributed by atoms with Crippen molar-refractivity contribution < 1.29 is 4.74 Å². The van der Waals surface area contributed by atoms with E-state index in [1.807, 2.05) is 11.8 Å². The Labute approximate surface area is 413 Å². The maximum atomic E-state index is 7.09. The van der Waals surface area contributed by atoms with E-state index >= 15 is 0 Å². The number of ether oxygens (including phenoxy) is 1. The molecule has 10 unspecified atom stereocenters. The molecular weight excluding hydrogens is 863 g/mol. The van der Waals surface area contributed by atoms with Crippen molar-refractivity contribution in [3.05, 3.63) is 214 Å². The molecule has 11 atom stereocenters. The number of rotatable bonds is 10. The summed E-state index contributed by atoms with van der Waals surface area (Å²) >= 11 is 1.94. The van der Waals surface area contributed by atoms with Crippen LogP contribution in [0.15, 0.2) is 224 Å². The molecule has 7 heteroatoms. The van der Waals surface area contributed by atoms with Gasteiger partial charge in [0.05, 0.1) is 11.8 Å². The lowest BCUT2D eigenvalue weighted by atomic mass is 9.55. The van der Waals surface area contributed by atoms with E-state index in [0.717, 1.165) is 73.7 Å². The van der Waals surface area contributed by atoms with Crippen molar-refractivity contribution in [3.63, 3.8) is 0 Å². The third-order valence-electron chi connectivity index (χ3n) is 16.6. The van der Waals surface area contributed by atoms with Crippen LogP contribution in [0.4, 0.5) is 0 Å². The average molecular weight is 928 g/mol. The summed E-state index contributed by atoms with van der Waals surface area (Å²) in [4.78, 5) is 18.5. The number of nitrogens with zero attached hydrogens (tertiary/aromatic N) is 3. The molecule has 4 heterocycles. The second kappa shape index (κ2) is 19.5. The molecule has 1 aromatic rings. The second-order valence-corrected chi connectivity index (χ2v) is 21.7. The van der Waals surface area contributed by atoms with Crippen molar-refractivity contribution in [2.24, 2.45) is 61.8 Å². The highest BCUT2D eigenvalue weighted by atomic mass is 32.2. The SMILES string of the molecule is CC1(C2=CN=C(C3CC=CC4=C3C3C(C5=CC=CCS5)=C(NC5C=CC=CC5)C=C[C@H]3O4)C(C3=NC(C4CC=CCC4)N=C(c4ccccc4)N3)C2)C(C2C=CC=CC2)=CC=CC1C1C=CCCC1. The second-order valence-electron chi connectivity index (χ2n) is 20.6. The van der Waals surface area contributed by atoms with E-state index in [9.17, 15) is 0 Å². The number of hydrogen-bond acceptors (Lipinski definition) is 7. The number of nitrogens with one attached hydrogen (secondary N) is 2. The molecule has 0 bridgehead atoms. The van der Waals surface area contributed by atoms with Crippen LogP contribution in [0.3, 0.4) is 0 Å². The molecule has 0 saturated heterocycles. The molecule has 0 radical (unpaired) electrons. The molecule has 0 aromatic heterocycles. The minimum atomic E-state index is -0.252. The molecule has 0 amide bonds. The largest absolute Gasteiger partial charge is 0.485 e. The lowest BCUT2D eigenvalue weighted by Crippen LogP contribution is -2.48. The Bertz CT molecular complexity index is 2790. The van der Waals surface area contributed by atoms with Gasteiger partial charge in [0.25, 0.3) is 0 Å². The molecule has 7 aliphatic carbocycles. The quantitative estimate of drug-likeness (QED) is 0.229. The summed E-state index contributed by atoms with van der Waals surface area (Å²) in [5.74, 6) is 5.27. The van der Waals surface area contributed by atoms with Gasteiger partial charge in [0.1, 0.15) is 29.7 Å². The van der Waals surface area contributed by atoms with Crippen LogP contribution in [0.2, 0.25) is 0 Å². The van der Waals surface area contributed by atoms with Crippen LogP contribution in [-0.2, 0) is 4.74 Å². The smallest absolute Gasteiger partial charge is 0.147 e. The van der Waals surface area contributed by atoms with Gasteiger partial charge in [0.2, 0.25) is 0 Å². The van der Waals surface area contributed by atoms with Gasteiger partial charge in [-0.2, -0.15) is 0 Å². The van der Waals surface area contributed by atoms with Crippen LogP contribution in [0.1, 0.15) is 76.7 Å². The zero-order valence-electron chi connectivity index (χ0n) is 39.9. The Morgan fingerprint density at radius 3 is 2.48 bits per heavy atom. The minimum Gasteiger partial charge on any atom is -0.485 e. The summed E-state index contributed by atoms with van der Waals surface area (Å²) < 4.78 is 7.09. The molecule has 350 valence electrons. The van der Waals surface area contributed by atoms with E-state index in [1.165, 1.54) is 57.9 Å². The van der Waals surface area contributed by atoms with Crippen molar-refractivity contribution in [1.29, 1.82) is 0 Å². The molecular formula is C62H65N5OS. The molecule has 0 fully saturated rings. The van der Waals surface area contributed by atoms with Crippen molar-refractivity contribution in [3.8, 4) is 0 Å². The number of hydrogen-bond donors (Lipinski definition) is 2. The van der Waals surface area contributed by atoms with Gasteiger partial charge in [0.15, 0.2) is 0 Å². The van der Waals surface area contributed by atoms with Crippen LogP contribution in [-0.4, -0.2) is 41.4 Å². The average Bonchev–Trinajstić information content (AvgIpc) is 3.81. The molecule has 1 aromatic carbocycles. The molecule has 11 aliphatic rings. The molecule has 12 rings (SSSR count). The molecule has 69 heavy (non-hydrogen) atoms. The Hall–Kier alpha value is -5.92. The number of fused-ring (bicyclic) bond motifs is 2. The number of benzene rings is 1. The Balaban J connectivity index is 1.01. The van der Waals surface area contributed by atoms with Gasteiger partial charge >= 0.3 is 0 Å². The highest BCUT2D eigenvalue weighted by molar-refractivity contribution is 8.03. The predicted molar refractivity (Wildman–Crippen MR) is 287 cm³/mol. The molecule has 6 nitrogen and oxygen atoms in total. The van der Waals surface area contributed by atoms with E-state index in [2.05, 4.69) is 188 Å². The standard InChI is InChI=1S/C62H65N5OS/c1-62(49(41-21-7-2-8-22-41)32-20-33-50(62)42-23-9-3-10-24-42)45-39-48(61-66-59(43-25-11-4-12-26-43)65-60(67-61)44-27-13-5-14-28-44)58(63-40-45)47-31-19-34-52-55(47)57-53(68-52)37-36-51(64-46-29-15-6-16-30-46)56(57)54-35-17-18-38-69-54/h2,4-9,11-13,15-21,23,25-26,29,32-37,40-42,44,46-48,50,53,57,60,64H,3,10,14,22,24,27-28,30-31,38-39H2,1H3,(H,65,66,67)/t41?,42?,44?,46?,47?,48?,50?,53-,57?,60?,62?/m1/s1. The third-order valence-corrected chi connectivity index (χ3v) is 17.7.